The molecule has 0 spiro atoms. The predicted octanol–water partition coefficient (Wildman–Crippen LogP) is 3.64. The first-order valence-corrected chi connectivity index (χ1v) is 6.70. The van der Waals surface area contributed by atoms with E-state index >= 15 is 0 Å². The molecule has 0 aliphatic rings. The van der Waals surface area contributed by atoms with Gasteiger partial charge in [-0.2, -0.15) is 0 Å². The Morgan fingerprint density at radius 3 is 2.29 bits per heavy atom. The van der Waals surface area contributed by atoms with Crippen molar-refractivity contribution in [1.29, 1.82) is 0 Å². The van der Waals surface area contributed by atoms with Crippen molar-refractivity contribution in [2.75, 3.05) is 0 Å². The zero-order valence-corrected chi connectivity index (χ0v) is 11.8. The van der Waals surface area contributed by atoms with Crippen molar-refractivity contribution in [2.45, 2.75) is 13.8 Å². The number of rotatable bonds is 2. The molecule has 0 atom stereocenters. The largest absolute Gasteiger partial charge is 0.422 e. The molecule has 0 radical (unpaired) electrons. The molecule has 3 heteroatoms. The number of hydrogen-bond acceptors (Lipinski definition) is 3. The van der Waals surface area contributed by atoms with E-state index in [0.717, 1.165) is 16.5 Å². The molecule has 0 aliphatic heterocycles. The van der Waals surface area contributed by atoms with Crippen LogP contribution in [0.5, 0.6) is 0 Å². The Bertz CT molecular complexity index is 886. The smallest absolute Gasteiger partial charge is 0.347 e. The first-order chi connectivity index (χ1) is 10.0. The van der Waals surface area contributed by atoms with Gasteiger partial charge >= 0.3 is 5.63 Å². The minimum absolute atomic E-state index is 0.0666. The van der Waals surface area contributed by atoms with Crippen LogP contribution in [0.3, 0.4) is 0 Å². The normalized spacial score (nSPS) is 10.8. The number of hydrogen-bond donors (Lipinski definition) is 0. The molecule has 0 saturated heterocycles. The molecule has 0 unspecified atom stereocenters. The van der Waals surface area contributed by atoms with E-state index in [1.807, 2.05) is 38.1 Å². The first-order valence-electron chi connectivity index (χ1n) is 6.70. The quantitative estimate of drug-likeness (QED) is 0.531. The molecule has 0 amide bonds. The second-order valence-corrected chi connectivity index (χ2v) is 5.18. The van der Waals surface area contributed by atoms with E-state index in [2.05, 4.69) is 0 Å². The van der Waals surface area contributed by atoms with Crippen LogP contribution in [0.4, 0.5) is 0 Å². The van der Waals surface area contributed by atoms with Crippen molar-refractivity contribution in [3.8, 4) is 0 Å². The summed E-state index contributed by atoms with van der Waals surface area (Å²) >= 11 is 0. The van der Waals surface area contributed by atoms with Gasteiger partial charge in [-0.25, -0.2) is 4.79 Å². The summed E-state index contributed by atoms with van der Waals surface area (Å²) in [6, 6.07) is 14.2. The summed E-state index contributed by atoms with van der Waals surface area (Å²) in [7, 11) is 0. The van der Waals surface area contributed by atoms with Crippen molar-refractivity contribution in [2.24, 2.45) is 0 Å². The van der Waals surface area contributed by atoms with E-state index < -0.39 is 5.63 Å². The van der Waals surface area contributed by atoms with Gasteiger partial charge in [0.05, 0.1) is 0 Å². The molecule has 21 heavy (non-hydrogen) atoms. The highest BCUT2D eigenvalue weighted by molar-refractivity contribution is 6.09. The Morgan fingerprint density at radius 1 is 0.905 bits per heavy atom. The van der Waals surface area contributed by atoms with Crippen molar-refractivity contribution in [1.82, 2.24) is 0 Å². The molecular weight excluding hydrogens is 264 g/mol. The van der Waals surface area contributed by atoms with Gasteiger partial charge in [0, 0.05) is 10.9 Å². The topological polar surface area (TPSA) is 47.3 Å². The van der Waals surface area contributed by atoms with Gasteiger partial charge in [0.2, 0.25) is 0 Å². The van der Waals surface area contributed by atoms with Gasteiger partial charge in [-0.15, -0.1) is 0 Å². The highest BCUT2D eigenvalue weighted by Gasteiger charge is 2.15. The lowest BCUT2D eigenvalue weighted by atomic mass is 10.0. The minimum Gasteiger partial charge on any atom is -0.422 e. The zero-order valence-electron chi connectivity index (χ0n) is 11.8. The third-order valence-corrected chi connectivity index (χ3v) is 3.45. The Labute approximate surface area is 121 Å². The van der Waals surface area contributed by atoms with E-state index in [9.17, 15) is 9.59 Å². The molecule has 1 aromatic heterocycles. The van der Waals surface area contributed by atoms with Crippen molar-refractivity contribution >= 4 is 16.8 Å². The van der Waals surface area contributed by atoms with Crippen LogP contribution in [-0.2, 0) is 0 Å². The van der Waals surface area contributed by atoms with Gasteiger partial charge in [0.1, 0.15) is 11.1 Å². The zero-order chi connectivity index (χ0) is 15.0. The third kappa shape index (κ3) is 2.50. The molecule has 3 rings (SSSR count). The molecule has 0 saturated carbocycles. The maximum Gasteiger partial charge on any atom is 0.347 e. The van der Waals surface area contributed by atoms with Crippen LogP contribution in [0.15, 0.2) is 57.7 Å². The second-order valence-electron chi connectivity index (χ2n) is 5.18. The van der Waals surface area contributed by atoms with E-state index in [1.54, 1.807) is 24.3 Å². The lowest BCUT2D eigenvalue weighted by Gasteiger charge is -2.03. The van der Waals surface area contributed by atoms with Gasteiger partial charge in [0.25, 0.3) is 0 Å². The average Bonchev–Trinajstić information content (AvgIpc) is 2.47. The van der Waals surface area contributed by atoms with Crippen LogP contribution in [0, 0.1) is 13.8 Å². The minimum atomic E-state index is -0.600. The van der Waals surface area contributed by atoms with Crippen LogP contribution in [0.25, 0.3) is 11.0 Å². The Balaban J connectivity index is 2.15. The maximum absolute atomic E-state index is 12.4. The first kappa shape index (κ1) is 13.3. The van der Waals surface area contributed by atoms with E-state index in [1.165, 1.54) is 0 Å². The highest BCUT2D eigenvalue weighted by Crippen LogP contribution is 2.17. The summed E-state index contributed by atoms with van der Waals surface area (Å²) in [6.45, 7) is 3.90. The lowest BCUT2D eigenvalue weighted by molar-refractivity contribution is 0.103. The predicted molar refractivity (Wildman–Crippen MR) is 81.8 cm³/mol. The number of carbonyl (C=O) groups excluding carboxylic acids is 1. The van der Waals surface area contributed by atoms with Gasteiger partial charge in [-0.1, -0.05) is 41.5 Å². The highest BCUT2D eigenvalue weighted by atomic mass is 16.4. The number of ketones is 1. The number of aryl methyl sites for hydroxylation is 2. The van der Waals surface area contributed by atoms with Crippen LogP contribution < -0.4 is 5.63 Å². The van der Waals surface area contributed by atoms with Crippen LogP contribution >= 0.6 is 0 Å². The SMILES string of the molecule is Cc1ccc(C(=O)c2cc3cc(C)ccc3oc2=O)cc1. The second kappa shape index (κ2) is 5.02. The summed E-state index contributed by atoms with van der Waals surface area (Å²) in [5.41, 5.74) is 2.55. The molecule has 1 heterocycles. The van der Waals surface area contributed by atoms with E-state index in [4.69, 9.17) is 4.42 Å². The Morgan fingerprint density at radius 2 is 1.57 bits per heavy atom. The van der Waals surface area contributed by atoms with Crippen molar-refractivity contribution < 1.29 is 9.21 Å². The monoisotopic (exact) mass is 278 g/mol. The van der Waals surface area contributed by atoms with Crippen molar-refractivity contribution in [3.63, 3.8) is 0 Å². The molecule has 2 aromatic carbocycles. The molecule has 104 valence electrons. The van der Waals surface area contributed by atoms with Gasteiger partial charge in [0.15, 0.2) is 5.78 Å². The van der Waals surface area contributed by atoms with Gasteiger partial charge in [-0.3, -0.25) is 4.79 Å². The summed E-state index contributed by atoms with van der Waals surface area (Å²) in [4.78, 5) is 24.5. The molecule has 0 aliphatic carbocycles. The number of carbonyl (C=O) groups is 1. The molecule has 3 nitrogen and oxygen atoms in total. The molecule has 0 bridgehead atoms. The fourth-order valence-electron chi connectivity index (χ4n) is 2.26. The Kier molecular flexibility index (Phi) is 3.18. The lowest BCUT2D eigenvalue weighted by Crippen LogP contribution is -2.14. The average molecular weight is 278 g/mol. The van der Waals surface area contributed by atoms with E-state index in [-0.39, 0.29) is 11.3 Å². The summed E-state index contributed by atoms with van der Waals surface area (Å²) in [6.07, 6.45) is 0. The summed E-state index contributed by atoms with van der Waals surface area (Å²) in [5, 5.41) is 0.755. The fraction of sp³-hybridized carbons (Fsp3) is 0.111. The molecule has 0 N–H and O–H groups in total. The molecular formula is C18H14O3. The standard InChI is InChI=1S/C18H14O3/c1-11-3-6-13(7-4-11)17(19)15-10-14-9-12(2)5-8-16(14)21-18(15)20/h3-10H,1-2H3. The fourth-order valence-corrected chi connectivity index (χ4v) is 2.26. The summed E-state index contributed by atoms with van der Waals surface area (Å²) in [5.74, 6) is -0.313. The Hall–Kier alpha value is -2.68. The van der Waals surface area contributed by atoms with Crippen molar-refractivity contribution in [3.05, 3.63) is 81.2 Å². The van der Waals surface area contributed by atoms with Crippen LogP contribution in [-0.4, -0.2) is 5.78 Å². The third-order valence-electron chi connectivity index (χ3n) is 3.45. The molecule has 0 fully saturated rings. The maximum atomic E-state index is 12.4. The van der Waals surface area contributed by atoms with Gasteiger partial charge < -0.3 is 4.42 Å². The summed E-state index contributed by atoms with van der Waals surface area (Å²) < 4.78 is 5.24. The number of fused-ring (bicyclic) bond motifs is 1. The van der Waals surface area contributed by atoms with Crippen LogP contribution in [0.2, 0.25) is 0 Å². The van der Waals surface area contributed by atoms with Gasteiger partial charge in [-0.05, 0) is 32.0 Å². The van der Waals surface area contributed by atoms with E-state index in [0.29, 0.717) is 11.1 Å². The molecule has 3 aromatic rings. The van der Waals surface area contributed by atoms with Crippen LogP contribution in [0.1, 0.15) is 27.0 Å². The number of benzene rings is 2.